The third-order valence-electron chi connectivity index (χ3n) is 4.26. The van der Waals surface area contributed by atoms with Crippen molar-refractivity contribution in [1.29, 1.82) is 0 Å². The molecule has 4 rings (SSSR count). The molecule has 6 nitrogen and oxygen atoms in total. The number of hydrogen-bond donors (Lipinski definition) is 2. The van der Waals surface area contributed by atoms with Crippen LogP contribution in [0.3, 0.4) is 0 Å². The van der Waals surface area contributed by atoms with Crippen molar-refractivity contribution in [2.45, 2.75) is 18.5 Å². The zero-order valence-corrected chi connectivity index (χ0v) is 14.3. The van der Waals surface area contributed by atoms with Gasteiger partial charge in [-0.2, -0.15) is 4.98 Å². The highest BCUT2D eigenvalue weighted by molar-refractivity contribution is 6.30. The zero-order chi connectivity index (χ0) is 17.2. The topological polar surface area (TPSA) is 72.2 Å². The van der Waals surface area contributed by atoms with Gasteiger partial charge in [-0.25, -0.2) is 10.9 Å². The lowest BCUT2D eigenvalue weighted by atomic mass is 10.0. The van der Waals surface area contributed by atoms with Gasteiger partial charge in [0, 0.05) is 16.6 Å². The SMILES string of the molecule is COc1ccc(-c2noc(C3CC(c4ccc(Cl)cc4)NN3)n2)cc1. The first-order valence-corrected chi connectivity index (χ1v) is 8.35. The molecule has 0 amide bonds. The Morgan fingerprint density at radius 1 is 1.04 bits per heavy atom. The zero-order valence-electron chi connectivity index (χ0n) is 13.6. The molecular weight excluding hydrogens is 340 g/mol. The molecule has 0 bridgehead atoms. The molecule has 1 aliphatic rings. The van der Waals surface area contributed by atoms with Crippen LogP contribution in [0.25, 0.3) is 11.4 Å². The number of halogens is 1. The Balaban J connectivity index is 1.48. The first-order valence-electron chi connectivity index (χ1n) is 7.97. The van der Waals surface area contributed by atoms with Crippen molar-refractivity contribution in [2.24, 2.45) is 0 Å². The third-order valence-corrected chi connectivity index (χ3v) is 4.52. The number of hydrazine groups is 1. The molecule has 2 aromatic carbocycles. The monoisotopic (exact) mass is 356 g/mol. The van der Waals surface area contributed by atoms with Gasteiger partial charge in [-0.1, -0.05) is 28.9 Å². The Labute approximate surface area is 150 Å². The lowest BCUT2D eigenvalue weighted by Crippen LogP contribution is -2.26. The lowest BCUT2D eigenvalue weighted by Gasteiger charge is -2.08. The Morgan fingerprint density at radius 3 is 2.48 bits per heavy atom. The van der Waals surface area contributed by atoms with Crippen molar-refractivity contribution in [3.63, 3.8) is 0 Å². The summed E-state index contributed by atoms with van der Waals surface area (Å²) in [4.78, 5) is 4.52. The van der Waals surface area contributed by atoms with Gasteiger partial charge in [0.1, 0.15) is 11.8 Å². The van der Waals surface area contributed by atoms with Crippen LogP contribution in [0.2, 0.25) is 5.02 Å². The standard InChI is InChI=1S/C18H17ClN4O2/c1-24-14-8-4-12(5-9-14)17-20-18(25-23-17)16-10-15(21-22-16)11-2-6-13(19)7-3-11/h2-9,15-16,21-22H,10H2,1H3. The predicted molar refractivity (Wildman–Crippen MR) is 94.1 cm³/mol. The smallest absolute Gasteiger partial charge is 0.245 e. The van der Waals surface area contributed by atoms with Crippen LogP contribution in [0.5, 0.6) is 5.75 Å². The average Bonchev–Trinajstić information content (AvgIpc) is 3.32. The summed E-state index contributed by atoms with van der Waals surface area (Å²) in [5, 5.41) is 4.81. The molecule has 2 atom stereocenters. The van der Waals surface area contributed by atoms with Gasteiger partial charge in [0.15, 0.2) is 0 Å². The van der Waals surface area contributed by atoms with Crippen LogP contribution in [0.15, 0.2) is 53.1 Å². The number of ether oxygens (including phenoxy) is 1. The first kappa shape index (κ1) is 16.1. The van der Waals surface area contributed by atoms with Crippen LogP contribution >= 0.6 is 11.6 Å². The van der Waals surface area contributed by atoms with Gasteiger partial charge in [0.2, 0.25) is 11.7 Å². The van der Waals surface area contributed by atoms with Gasteiger partial charge in [-0.3, -0.25) is 0 Å². The number of nitrogens with zero attached hydrogens (tertiary/aromatic N) is 2. The summed E-state index contributed by atoms with van der Waals surface area (Å²) in [5.74, 6) is 1.92. The number of nitrogens with one attached hydrogen (secondary N) is 2. The Hall–Kier alpha value is -2.41. The third kappa shape index (κ3) is 3.37. The van der Waals surface area contributed by atoms with Gasteiger partial charge >= 0.3 is 0 Å². The summed E-state index contributed by atoms with van der Waals surface area (Å²) in [7, 11) is 1.64. The van der Waals surface area contributed by atoms with Crippen molar-refractivity contribution in [3.05, 3.63) is 65.0 Å². The van der Waals surface area contributed by atoms with E-state index >= 15 is 0 Å². The van der Waals surface area contributed by atoms with E-state index in [-0.39, 0.29) is 12.1 Å². The predicted octanol–water partition coefficient (Wildman–Crippen LogP) is 3.68. The maximum Gasteiger partial charge on any atom is 0.245 e. The Morgan fingerprint density at radius 2 is 1.76 bits per heavy atom. The molecule has 1 aromatic heterocycles. The van der Waals surface area contributed by atoms with Crippen molar-refractivity contribution >= 4 is 11.6 Å². The molecule has 3 aromatic rings. The van der Waals surface area contributed by atoms with Crippen molar-refractivity contribution in [2.75, 3.05) is 7.11 Å². The summed E-state index contributed by atoms with van der Waals surface area (Å²) in [6.45, 7) is 0. The first-order chi connectivity index (χ1) is 12.2. The number of rotatable bonds is 4. The van der Waals surface area contributed by atoms with Crippen LogP contribution in [0, 0.1) is 0 Å². The fourth-order valence-electron chi connectivity index (χ4n) is 2.87. The van der Waals surface area contributed by atoms with Crippen molar-refractivity contribution in [1.82, 2.24) is 21.0 Å². The highest BCUT2D eigenvalue weighted by Crippen LogP contribution is 2.31. The summed E-state index contributed by atoms with van der Waals surface area (Å²) in [5.41, 5.74) is 8.53. The number of benzene rings is 2. The number of aromatic nitrogens is 2. The second-order valence-corrected chi connectivity index (χ2v) is 6.30. The largest absolute Gasteiger partial charge is 0.497 e. The highest BCUT2D eigenvalue weighted by atomic mass is 35.5. The van der Waals surface area contributed by atoms with E-state index in [4.69, 9.17) is 20.9 Å². The van der Waals surface area contributed by atoms with Crippen LogP contribution in [-0.2, 0) is 0 Å². The van der Waals surface area contributed by atoms with E-state index in [0.717, 1.165) is 28.3 Å². The molecule has 25 heavy (non-hydrogen) atoms. The summed E-state index contributed by atoms with van der Waals surface area (Å²) in [6.07, 6.45) is 0.811. The van der Waals surface area contributed by atoms with Crippen molar-refractivity contribution < 1.29 is 9.26 Å². The average molecular weight is 357 g/mol. The summed E-state index contributed by atoms with van der Waals surface area (Å²) >= 11 is 5.95. The second-order valence-electron chi connectivity index (χ2n) is 5.87. The molecule has 2 unspecified atom stereocenters. The molecule has 0 spiro atoms. The minimum atomic E-state index is -0.0415. The fourth-order valence-corrected chi connectivity index (χ4v) is 2.99. The molecule has 1 fully saturated rings. The lowest BCUT2D eigenvalue weighted by molar-refractivity contribution is 0.340. The molecule has 2 heterocycles. The van der Waals surface area contributed by atoms with Crippen LogP contribution in [0.4, 0.5) is 0 Å². The number of hydrogen-bond acceptors (Lipinski definition) is 6. The van der Waals surface area contributed by atoms with E-state index in [1.54, 1.807) is 7.11 Å². The van der Waals surface area contributed by atoms with Gasteiger partial charge < -0.3 is 9.26 Å². The maximum absolute atomic E-state index is 5.95. The van der Waals surface area contributed by atoms with E-state index in [9.17, 15) is 0 Å². The molecule has 1 saturated heterocycles. The fraction of sp³-hybridized carbons (Fsp3) is 0.222. The van der Waals surface area contributed by atoms with Gasteiger partial charge in [0.25, 0.3) is 0 Å². The molecule has 0 radical (unpaired) electrons. The molecule has 0 saturated carbocycles. The van der Waals surface area contributed by atoms with E-state index in [0.29, 0.717) is 11.7 Å². The van der Waals surface area contributed by atoms with Crippen LogP contribution < -0.4 is 15.6 Å². The molecule has 7 heteroatoms. The van der Waals surface area contributed by atoms with Crippen molar-refractivity contribution in [3.8, 4) is 17.1 Å². The minimum absolute atomic E-state index is 0.0415. The van der Waals surface area contributed by atoms with E-state index in [1.807, 2.05) is 48.5 Å². The van der Waals surface area contributed by atoms with Crippen LogP contribution in [-0.4, -0.2) is 17.3 Å². The molecule has 0 aliphatic carbocycles. The van der Waals surface area contributed by atoms with Gasteiger partial charge in [-0.05, 0) is 48.4 Å². The maximum atomic E-state index is 5.95. The summed E-state index contributed by atoms with van der Waals surface area (Å²) in [6, 6.07) is 15.5. The van der Waals surface area contributed by atoms with Gasteiger partial charge in [0.05, 0.1) is 7.11 Å². The number of methoxy groups -OCH3 is 1. The minimum Gasteiger partial charge on any atom is -0.497 e. The Bertz CT molecular complexity index is 848. The second kappa shape index (κ2) is 6.84. The van der Waals surface area contributed by atoms with Crippen LogP contribution in [0.1, 0.15) is 30.0 Å². The molecular formula is C18H17ClN4O2. The molecule has 1 aliphatic heterocycles. The van der Waals surface area contributed by atoms with Gasteiger partial charge in [-0.15, -0.1) is 0 Å². The molecule has 2 N–H and O–H groups in total. The molecule has 128 valence electrons. The van der Waals surface area contributed by atoms with E-state index in [2.05, 4.69) is 21.0 Å². The Kier molecular flexibility index (Phi) is 4.40. The normalized spacial score (nSPS) is 19.9. The quantitative estimate of drug-likeness (QED) is 0.743. The summed E-state index contributed by atoms with van der Waals surface area (Å²) < 4.78 is 10.6. The van der Waals surface area contributed by atoms with E-state index < -0.39 is 0 Å². The highest BCUT2D eigenvalue weighted by Gasteiger charge is 2.30. The van der Waals surface area contributed by atoms with E-state index in [1.165, 1.54) is 0 Å².